The fraction of sp³-hybridized carbons (Fsp3) is 0.500. The van der Waals surface area contributed by atoms with Gasteiger partial charge in [0, 0.05) is 12.2 Å². The minimum Gasteiger partial charge on any atom is -0.388 e. The van der Waals surface area contributed by atoms with Crippen LogP contribution in [0.25, 0.3) is 0 Å². The number of rotatable bonds is 7. The minimum absolute atomic E-state index is 0.106. The first-order chi connectivity index (χ1) is 9.22. The Balaban J connectivity index is 2.75. The Hall–Kier alpha value is -1.09. The van der Waals surface area contributed by atoms with E-state index in [1.54, 1.807) is 0 Å². The Labute approximate surface area is 125 Å². The van der Waals surface area contributed by atoms with Gasteiger partial charge < -0.3 is 10.6 Å². The van der Waals surface area contributed by atoms with Gasteiger partial charge >= 0.3 is 0 Å². The average molecular weight is 316 g/mol. The third kappa shape index (κ3) is 5.12. The lowest BCUT2D eigenvalue weighted by atomic mass is 10.2. The molecule has 0 spiro atoms. The van der Waals surface area contributed by atoms with Gasteiger partial charge in [-0.3, -0.25) is 4.98 Å². The lowest BCUT2D eigenvalue weighted by molar-refractivity contribution is 0.379. The molecule has 0 saturated carbocycles. The molecule has 0 bridgehead atoms. The van der Waals surface area contributed by atoms with E-state index in [9.17, 15) is 8.42 Å². The van der Waals surface area contributed by atoms with Crippen LogP contribution in [-0.2, 0) is 10.0 Å². The van der Waals surface area contributed by atoms with E-state index in [1.165, 1.54) is 18.3 Å². The van der Waals surface area contributed by atoms with Crippen LogP contribution in [0, 0.1) is 0 Å². The van der Waals surface area contributed by atoms with E-state index in [-0.39, 0.29) is 15.9 Å². The number of pyridine rings is 1. The van der Waals surface area contributed by atoms with Crippen molar-refractivity contribution in [3.05, 3.63) is 24.0 Å². The van der Waals surface area contributed by atoms with Crippen molar-refractivity contribution in [1.29, 1.82) is 0 Å². The van der Waals surface area contributed by atoms with Crippen molar-refractivity contribution in [1.82, 2.24) is 14.6 Å². The first-order valence-corrected chi connectivity index (χ1v) is 8.04. The molecule has 1 atom stereocenters. The largest absolute Gasteiger partial charge is 0.388 e. The topological polar surface area (TPSA) is 88.3 Å². The van der Waals surface area contributed by atoms with Gasteiger partial charge in [0.1, 0.15) is 9.88 Å². The molecule has 0 aliphatic rings. The Kier molecular flexibility index (Phi) is 6.00. The number of nitrogens with one attached hydrogen (secondary N) is 1. The SMILES string of the molecule is CC(CCN(C)C)NS(=O)(=O)c1ccc(C(N)=S)nc1. The predicted octanol–water partition coefficient (Wildman–Crippen LogP) is 0.334. The van der Waals surface area contributed by atoms with E-state index in [1.807, 2.05) is 25.9 Å². The maximum Gasteiger partial charge on any atom is 0.242 e. The summed E-state index contributed by atoms with van der Waals surface area (Å²) in [5, 5.41) is 0. The van der Waals surface area contributed by atoms with Crippen LogP contribution in [0.3, 0.4) is 0 Å². The number of aromatic nitrogens is 1. The monoisotopic (exact) mass is 316 g/mol. The van der Waals surface area contributed by atoms with Gasteiger partial charge in [-0.1, -0.05) is 12.2 Å². The summed E-state index contributed by atoms with van der Waals surface area (Å²) in [4.78, 5) is 6.18. The molecule has 112 valence electrons. The van der Waals surface area contributed by atoms with E-state index < -0.39 is 10.0 Å². The molecule has 0 fully saturated rings. The second-order valence-corrected chi connectivity index (χ2v) is 7.01. The van der Waals surface area contributed by atoms with Gasteiger partial charge in [0.25, 0.3) is 0 Å². The standard InChI is InChI=1S/C12H20N4O2S2/c1-9(6-7-16(2)3)15-20(17,18)10-4-5-11(12(13)19)14-8-10/h4-5,8-9,15H,6-7H2,1-3H3,(H2,13,19). The molecular formula is C12H20N4O2S2. The van der Waals surface area contributed by atoms with Gasteiger partial charge in [-0.05, 0) is 46.1 Å². The zero-order valence-electron chi connectivity index (χ0n) is 11.8. The molecule has 1 rings (SSSR count). The van der Waals surface area contributed by atoms with Crippen molar-refractivity contribution < 1.29 is 8.42 Å². The molecular weight excluding hydrogens is 296 g/mol. The second-order valence-electron chi connectivity index (χ2n) is 4.86. The normalized spacial score (nSPS) is 13.4. The quantitative estimate of drug-likeness (QED) is 0.705. The summed E-state index contributed by atoms with van der Waals surface area (Å²) in [5.41, 5.74) is 5.82. The first kappa shape index (κ1) is 17.0. The molecule has 8 heteroatoms. The van der Waals surface area contributed by atoms with Crippen LogP contribution in [-0.4, -0.2) is 50.0 Å². The number of nitrogens with zero attached hydrogens (tertiary/aromatic N) is 2. The van der Waals surface area contributed by atoms with Crippen molar-refractivity contribution in [2.45, 2.75) is 24.3 Å². The molecule has 20 heavy (non-hydrogen) atoms. The molecule has 0 aromatic carbocycles. The fourth-order valence-electron chi connectivity index (χ4n) is 1.53. The minimum atomic E-state index is -3.56. The molecule has 1 aromatic heterocycles. The number of hydrogen-bond acceptors (Lipinski definition) is 5. The summed E-state index contributed by atoms with van der Waals surface area (Å²) < 4.78 is 26.9. The van der Waals surface area contributed by atoms with E-state index in [4.69, 9.17) is 18.0 Å². The van der Waals surface area contributed by atoms with Gasteiger partial charge in [-0.25, -0.2) is 13.1 Å². The predicted molar refractivity (Wildman–Crippen MR) is 83.1 cm³/mol. The van der Waals surface area contributed by atoms with Crippen LogP contribution in [0.1, 0.15) is 19.0 Å². The Morgan fingerprint density at radius 3 is 2.60 bits per heavy atom. The number of sulfonamides is 1. The summed E-state index contributed by atoms with van der Waals surface area (Å²) >= 11 is 4.77. The number of nitrogens with two attached hydrogens (primary N) is 1. The maximum atomic E-state index is 12.1. The lowest BCUT2D eigenvalue weighted by Gasteiger charge is -2.16. The lowest BCUT2D eigenvalue weighted by Crippen LogP contribution is -2.34. The molecule has 6 nitrogen and oxygen atoms in total. The average Bonchev–Trinajstić information content (AvgIpc) is 2.36. The third-order valence-electron chi connectivity index (χ3n) is 2.66. The van der Waals surface area contributed by atoms with E-state index in [2.05, 4.69) is 9.71 Å². The summed E-state index contributed by atoms with van der Waals surface area (Å²) in [7, 11) is 0.323. The number of hydrogen-bond donors (Lipinski definition) is 2. The van der Waals surface area contributed by atoms with Crippen molar-refractivity contribution >= 4 is 27.2 Å². The van der Waals surface area contributed by atoms with Crippen LogP contribution < -0.4 is 10.5 Å². The van der Waals surface area contributed by atoms with E-state index in [0.717, 1.165) is 13.0 Å². The van der Waals surface area contributed by atoms with Gasteiger partial charge in [-0.15, -0.1) is 0 Å². The van der Waals surface area contributed by atoms with Crippen LogP contribution in [0.15, 0.2) is 23.2 Å². The van der Waals surface area contributed by atoms with Gasteiger partial charge in [-0.2, -0.15) is 0 Å². The van der Waals surface area contributed by atoms with Crippen LogP contribution in [0.4, 0.5) is 0 Å². The van der Waals surface area contributed by atoms with Crippen molar-refractivity contribution in [3.8, 4) is 0 Å². The number of thiocarbonyl (C=S) groups is 1. The molecule has 0 saturated heterocycles. The van der Waals surface area contributed by atoms with Crippen LogP contribution in [0.5, 0.6) is 0 Å². The van der Waals surface area contributed by atoms with Crippen molar-refractivity contribution in [3.63, 3.8) is 0 Å². The Morgan fingerprint density at radius 2 is 2.15 bits per heavy atom. The molecule has 3 N–H and O–H groups in total. The van der Waals surface area contributed by atoms with E-state index >= 15 is 0 Å². The highest BCUT2D eigenvalue weighted by Gasteiger charge is 2.18. The molecule has 0 amide bonds. The molecule has 0 aliphatic carbocycles. The van der Waals surface area contributed by atoms with Crippen molar-refractivity contribution in [2.24, 2.45) is 5.73 Å². The molecule has 0 aliphatic heterocycles. The highest BCUT2D eigenvalue weighted by atomic mass is 32.2. The highest BCUT2D eigenvalue weighted by Crippen LogP contribution is 2.09. The van der Waals surface area contributed by atoms with Gasteiger partial charge in [0.05, 0.1) is 5.69 Å². The molecule has 1 heterocycles. The summed E-state index contributed by atoms with van der Waals surface area (Å²) in [6, 6.07) is 2.79. The smallest absolute Gasteiger partial charge is 0.242 e. The zero-order valence-corrected chi connectivity index (χ0v) is 13.5. The van der Waals surface area contributed by atoms with Gasteiger partial charge in [0.15, 0.2) is 0 Å². The molecule has 1 aromatic rings. The summed E-state index contributed by atoms with van der Waals surface area (Å²) in [6.07, 6.45) is 1.99. The third-order valence-corrected chi connectivity index (χ3v) is 4.45. The van der Waals surface area contributed by atoms with Gasteiger partial charge in [0.2, 0.25) is 10.0 Å². The Bertz CT molecular complexity index is 555. The maximum absolute atomic E-state index is 12.1. The van der Waals surface area contributed by atoms with Crippen LogP contribution in [0.2, 0.25) is 0 Å². The molecule has 0 radical (unpaired) electrons. The van der Waals surface area contributed by atoms with Crippen molar-refractivity contribution in [2.75, 3.05) is 20.6 Å². The summed E-state index contributed by atoms with van der Waals surface area (Å²) in [5.74, 6) is 0. The molecule has 1 unspecified atom stereocenters. The Morgan fingerprint density at radius 1 is 1.50 bits per heavy atom. The first-order valence-electron chi connectivity index (χ1n) is 6.15. The summed E-state index contributed by atoms with van der Waals surface area (Å²) in [6.45, 7) is 2.64. The zero-order chi connectivity index (χ0) is 15.3. The second kappa shape index (κ2) is 7.07. The van der Waals surface area contributed by atoms with E-state index in [0.29, 0.717) is 5.69 Å². The van der Waals surface area contributed by atoms with Crippen LogP contribution >= 0.6 is 12.2 Å². The fourth-order valence-corrected chi connectivity index (χ4v) is 2.87. The highest BCUT2D eigenvalue weighted by molar-refractivity contribution is 7.89.